The van der Waals surface area contributed by atoms with Gasteiger partial charge in [0.2, 0.25) is 0 Å². The Bertz CT molecular complexity index is 1230. The molecule has 4 rings (SSSR count). The summed E-state index contributed by atoms with van der Waals surface area (Å²) in [6, 6.07) is 16.6. The van der Waals surface area contributed by atoms with Crippen LogP contribution in [0.15, 0.2) is 78.5 Å². The van der Waals surface area contributed by atoms with Gasteiger partial charge in [-0.3, -0.25) is 9.59 Å². The molecular weight excluding hydrogens is 440 g/mol. The lowest BCUT2D eigenvalue weighted by molar-refractivity contribution is -0.274. The summed E-state index contributed by atoms with van der Waals surface area (Å²) in [4.78, 5) is 27.4. The number of alkyl halides is 3. The number of aryl methyl sites for hydroxylation is 1. The first-order valence-corrected chi connectivity index (χ1v) is 9.71. The molecule has 0 radical (unpaired) electrons. The van der Waals surface area contributed by atoms with Gasteiger partial charge in [-0.05, 0) is 61.0 Å². The quantitative estimate of drug-likeness (QED) is 0.411. The lowest BCUT2D eigenvalue weighted by Gasteiger charge is -2.15. The standard InChI is InChI=1S/C24H16F4N2O3/c1-14-2-4-15(5-3-14)20-21(29-17-8-12-19(13-9-17)33-24(26,27)28)23(32)30(22(20)31)18-10-6-16(25)7-11-18/h2-13,29H,1H3. The first-order chi connectivity index (χ1) is 15.6. The number of hydrogen-bond acceptors (Lipinski definition) is 4. The minimum atomic E-state index is -4.83. The number of nitrogens with one attached hydrogen (secondary N) is 1. The number of rotatable bonds is 5. The van der Waals surface area contributed by atoms with Gasteiger partial charge in [0.1, 0.15) is 17.3 Å². The highest BCUT2D eigenvalue weighted by Gasteiger charge is 2.40. The van der Waals surface area contributed by atoms with Gasteiger partial charge in [-0.1, -0.05) is 29.8 Å². The number of carbonyl (C=O) groups is 2. The maximum absolute atomic E-state index is 13.4. The number of halogens is 4. The lowest BCUT2D eigenvalue weighted by atomic mass is 10.0. The molecule has 3 aromatic rings. The minimum Gasteiger partial charge on any atom is -0.406 e. The van der Waals surface area contributed by atoms with Crippen molar-refractivity contribution in [2.75, 3.05) is 10.2 Å². The topological polar surface area (TPSA) is 58.6 Å². The van der Waals surface area contributed by atoms with Crippen molar-refractivity contribution < 1.29 is 31.9 Å². The molecule has 168 valence electrons. The van der Waals surface area contributed by atoms with Crippen molar-refractivity contribution in [1.82, 2.24) is 0 Å². The van der Waals surface area contributed by atoms with E-state index in [0.29, 0.717) is 5.56 Å². The van der Waals surface area contributed by atoms with Crippen LogP contribution in [0.1, 0.15) is 11.1 Å². The molecule has 33 heavy (non-hydrogen) atoms. The minimum absolute atomic E-state index is 0.0577. The highest BCUT2D eigenvalue weighted by atomic mass is 19.4. The summed E-state index contributed by atoms with van der Waals surface area (Å²) in [5.74, 6) is -2.25. The second-order valence-electron chi connectivity index (χ2n) is 7.24. The number of anilines is 2. The fourth-order valence-corrected chi connectivity index (χ4v) is 3.34. The van der Waals surface area contributed by atoms with E-state index in [1.807, 2.05) is 6.92 Å². The molecule has 1 aliphatic rings. The fraction of sp³-hybridized carbons (Fsp3) is 0.0833. The summed E-state index contributed by atoms with van der Waals surface area (Å²) in [6.45, 7) is 1.87. The molecule has 3 aromatic carbocycles. The van der Waals surface area contributed by atoms with Crippen LogP contribution in [0, 0.1) is 12.7 Å². The Hall–Kier alpha value is -4.14. The van der Waals surface area contributed by atoms with E-state index in [1.165, 1.54) is 24.3 Å². The molecule has 1 aliphatic heterocycles. The van der Waals surface area contributed by atoms with Gasteiger partial charge in [0.05, 0.1) is 11.3 Å². The Morgan fingerprint density at radius 1 is 0.818 bits per heavy atom. The maximum atomic E-state index is 13.4. The molecule has 2 amide bonds. The van der Waals surface area contributed by atoms with Gasteiger partial charge < -0.3 is 10.1 Å². The van der Waals surface area contributed by atoms with Crippen LogP contribution < -0.4 is 15.0 Å². The first kappa shape index (κ1) is 22.1. The van der Waals surface area contributed by atoms with E-state index in [2.05, 4.69) is 10.1 Å². The van der Waals surface area contributed by atoms with Crippen LogP contribution in [0.4, 0.5) is 28.9 Å². The summed E-state index contributed by atoms with van der Waals surface area (Å²) in [5.41, 5.74) is 1.90. The normalized spacial score (nSPS) is 14.2. The zero-order chi connectivity index (χ0) is 23.8. The van der Waals surface area contributed by atoms with Gasteiger partial charge in [-0.2, -0.15) is 0 Å². The third kappa shape index (κ3) is 4.72. The highest BCUT2D eigenvalue weighted by Crippen LogP contribution is 2.34. The van der Waals surface area contributed by atoms with Crippen LogP contribution in [-0.4, -0.2) is 18.2 Å². The zero-order valence-corrected chi connectivity index (χ0v) is 17.1. The number of amides is 2. The van der Waals surface area contributed by atoms with Crippen LogP contribution in [0.3, 0.4) is 0 Å². The molecule has 1 N–H and O–H groups in total. The Labute approximate surface area is 185 Å². The molecule has 0 aromatic heterocycles. The van der Waals surface area contributed by atoms with Gasteiger partial charge in [0.15, 0.2) is 0 Å². The van der Waals surface area contributed by atoms with E-state index < -0.39 is 29.7 Å². The van der Waals surface area contributed by atoms with Crippen molar-refractivity contribution >= 4 is 28.8 Å². The van der Waals surface area contributed by atoms with Crippen molar-refractivity contribution in [2.24, 2.45) is 0 Å². The molecule has 0 aliphatic carbocycles. The third-order valence-corrected chi connectivity index (χ3v) is 4.87. The lowest BCUT2D eigenvalue weighted by Crippen LogP contribution is -2.32. The molecule has 0 saturated heterocycles. The predicted molar refractivity (Wildman–Crippen MR) is 114 cm³/mol. The van der Waals surface area contributed by atoms with E-state index in [1.54, 1.807) is 24.3 Å². The molecule has 0 bridgehead atoms. The number of nitrogens with zero attached hydrogens (tertiary/aromatic N) is 1. The first-order valence-electron chi connectivity index (χ1n) is 9.71. The molecule has 9 heteroatoms. The summed E-state index contributed by atoms with van der Waals surface area (Å²) in [5, 5.41) is 2.84. The molecule has 0 unspecified atom stereocenters. The van der Waals surface area contributed by atoms with Crippen LogP contribution in [0.25, 0.3) is 5.57 Å². The number of carbonyl (C=O) groups excluding carboxylic acids is 2. The molecule has 0 atom stereocenters. The second-order valence-corrected chi connectivity index (χ2v) is 7.24. The van der Waals surface area contributed by atoms with Gasteiger partial charge in [-0.15, -0.1) is 13.2 Å². The Kier molecular flexibility index (Phi) is 5.63. The highest BCUT2D eigenvalue weighted by molar-refractivity contribution is 6.46. The summed E-state index contributed by atoms with van der Waals surface area (Å²) >= 11 is 0. The average molecular weight is 456 g/mol. The summed E-state index contributed by atoms with van der Waals surface area (Å²) in [6.07, 6.45) is -4.83. The molecule has 0 saturated carbocycles. The monoisotopic (exact) mass is 456 g/mol. The van der Waals surface area contributed by atoms with Crippen LogP contribution in [-0.2, 0) is 9.59 Å². The van der Waals surface area contributed by atoms with Gasteiger partial charge in [0, 0.05) is 5.69 Å². The Balaban J connectivity index is 1.72. The molecular formula is C24H16F4N2O3. The average Bonchev–Trinajstić information content (AvgIpc) is 2.99. The van der Waals surface area contributed by atoms with Crippen LogP contribution in [0.2, 0.25) is 0 Å². The maximum Gasteiger partial charge on any atom is 0.573 e. The number of benzene rings is 3. The van der Waals surface area contributed by atoms with Crippen molar-refractivity contribution in [3.05, 3.63) is 95.4 Å². The van der Waals surface area contributed by atoms with Crippen molar-refractivity contribution in [3.63, 3.8) is 0 Å². The molecule has 0 fully saturated rings. The van der Waals surface area contributed by atoms with Gasteiger partial charge in [0.25, 0.3) is 11.8 Å². The number of imide groups is 1. The van der Waals surface area contributed by atoms with E-state index in [0.717, 1.165) is 34.7 Å². The van der Waals surface area contributed by atoms with Gasteiger partial charge >= 0.3 is 6.36 Å². The smallest absolute Gasteiger partial charge is 0.406 e. The molecule has 5 nitrogen and oxygen atoms in total. The SMILES string of the molecule is Cc1ccc(C2=C(Nc3ccc(OC(F)(F)F)cc3)C(=O)N(c3ccc(F)cc3)C2=O)cc1. The predicted octanol–water partition coefficient (Wildman–Crippen LogP) is 5.43. The van der Waals surface area contributed by atoms with Crippen LogP contribution >= 0.6 is 0 Å². The van der Waals surface area contributed by atoms with E-state index in [4.69, 9.17) is 0 Å². The van der Waals surface area contributed by atoms with Crippen molar-refractivity contribution in [2.45, 2.75) is 13.3 Å². The Morgan fingerprint density at radius 3 is 2.00 bits per heavy atom. The molecule has 1 heterocycles. The summed E-state index contributed by atoms with van der Waals surface area (Å²) in [7, 11) is 0. The Morgan fingerprint density at radius 2 is 1.42 bits per heavy atom. The van der Waals surface area contributed by atoms with Gasteiger partial charge in [-0.25, -0.2) is 9.29 Å². The van der Waals surface area contributed by atoms with Crippen molar-refractivity contribution in [1.29, 1.82) is 0 Å². The van der Waals surface area contributed by atoms with E-state index >= 15 is 0 Å². The third-order valence-electron chi connectivity index (χ3n) is 4.87. The van der Waals surface area contributed by atoms with E-state index in [-0.39, 0.29) is 22.6 Å². The zero-order valence-electron chi connectivity index (χ0n) is 17.1. The van der Waals surface area contributed by atoms with E-state index in [9.17, 15) is 27.2 Å². The van der Waals surface area contributed by atoms with Crippen LogP contribution in [0.5, 0.6) is 5.75 Å². The fourth-order valence-electron chi connectivity index (χ4n) is 3.34. The summed E-state index contributed by atoms with van der Waals surface area (Å²) < 4.78 is 54.4. The number of ether oxygens (including phenoxy) is 1. The largest absolute Gasteiger partial charge is 0.573 e. The molecule has 0 spiro atoms. The van der Waals surface area contributed by atoms with Crippen molar-refractivity contribution in [3.8, 4) is 5.75 Å². The number of hydrogen-bond donors (Lipinski definition) is 1. The second kappa shape index (κ2) is 8.42.